The summed E-state index contributed by atoms with van der Waals surface area (Å²) in [6.45, 7) is 5.68. The first-order chi connectivity index (χ1) is 16.5. The average Bonchev–Trinajstić information content (AvgIpc) is 2.79. The van der Waals surface area contributed by atoms with Crippen molar-refractivity contribution in [2.75, 3.05) is 26.0 Å². The number of allylic oxidation sites excluding steroid dienone is 1. The first-order valence-corrected chi connectivity index (χ1v) is 11.0. The molecule has 2 aromatic rings. The van der Waals surface area contributed by atoms with E-state index in [9.17, 15) is 24.6 Å². The van der Waals surface area contributed by atoms with Gasteiger partial charge in [-0.15, -0.1) is 0 Å². The van der Waals surface area contributed by atoms with E-state index in [1.165, 1.54) is 30.2 Å². The second-order valence-corrected chi connectivity index (χ2v) is 8.76. The van der Waals surface area contributed by atoms with Crippen molar-refractivity contribution in [3.63, 3.8) is 0 Å². The monoisotopic (exact) mass is 484 g/mol. The number of carbonyl (C=O) groups excluding carboxylic acids is 2. The van der Waals surface area contributed by atoms with E-state index in [0.29, 0.717) is 35.3 Å². The van der Waals surface area contributed by atoms with Crippen LogP contribution in [0.5, 0.6) is 11.5 Å². The minimum Gasteiger partial charge on any atom is -0.506 e. The Morgan fingerprint density at radius 1 is 1.14 bits per heavy atom. The molecule has 9 nitrogen and oxygen atoms in total. The zero-order chi connectivity index (χ0) is 26.2. The van der Waals surface area contributed by atoms with Crippen molar-refractivity contribution >= 4 is 30.1 Å². The molecule has 2 aromatic carbocycles. The first kappa shape index (κ1) is 27.2. The van der Waals surface area contributed by atoms with Crippen LogP contribution in [-0.2, 0) is 22.5 Å². The molecule has 0 spiro atoms. The van der Waals surface area contributed by atoms with E-state index in [1.807, 2.05) is 0 Å². The van der Waals surface area contributed by atoms with Crippen molar-refractivity contribution in [2.24, 2.45) is 0 Å². The Bertz CT molecular complexity index is 1100. The van der Waals surface area contributed by atoms with Gasteiger partial charge in [0.1, 0.15) is 23.4 Å². The van der Waals surface area contributed by atoms with Gasteiger partial charge in [0.05, 0.1) is 24.9 Å². The molecule has 9 heteroatoms. The fourth-order valence-corrected chi connectivity index (χ4v) is 3.49. The molecule has 0 aliphatic carbocycles. The van der Waals surface area contributed by atoms with Crippen LogP contribution in [-0.4, -0.2) is 59.8 Å². The van der Waals surface area contributed by atoms with E-state index in [-0.39, 0.29) is 24.4 Å². The van der Waals surface area contributed by atoms with Crippen LogP contribution in [0, 0.1) is 0 Å². The van der Waals surface area contributed by atoms with Crippen LogP contribution in [0.3, 0.4) is 0 Å². The van der Waals surface area contributed by atoms with Gasteiger partial charge in [-0.05, 0) is 63.1 Å². The van der Waals surface area contributed by atoms with Crippen LogP contribution in [0.4, 0.5) is 10.5 Å². The average molecular weight is 485 g/mol. The predicted octanol–water partition coefficient (Wildman–Crippen LogP) is 4.33. The molecule has 0 unspecified atom stereocenters. The van der Waals surface area contributed by atoms with Crippen LogP contribution in [0.2, 0.25) is 0 Å². The molecule has 0 saturated heterocycles. The molecule has 2 rings (SSSR count). The number of phenolic OH excluding ortho intramolecular Hbond substituents is 1. The number of aldehydes is 1. The molecule has 0 fully saturated rings. The summed E-state index contributed by atoms with van der Waals surface area (Å²) in [5, 5.41) is 22.4. The maximum Gasteiger partial charge on any atom is 0.410 e. The number of carboxylic acids is 1. The van der Waals surface area contributed by atoms with Crippen LogP contribution in [0.25, 0.3) is 6.08 Å². The number of methoxy groups -OCH3 is 1. The Morgan fingerprint density at radius 2 is 1.83 bits per heavy atom. The molecule has 3 N–H and O–H groups in total. The molecule has 0 saturated carbocycles. The fraction of sp³-hybridized carbons (Fsp3) is 0.346. The van der Waals surface area contributed by atoms with Gasteiger partial charge in [0.15, 0.2) is 0 Å². The summed E-state index contributed by atoms with van der Waals surface area (Å²) in [5.41, 5.74) is 1.87. The van der Waals surface area contributed by atoms with Gasteiger partial charge in [-0.2, -0.15) is 0 Å². The fourth-order valence-electron chi connectivity index (χ4n) is 3.49. The number of phenols is 1. The number of carboxylic acid groups (broad SMARTS) is 1. The van der Waals surface area contributed by atoms with E-state index in [1.54, 1.807) is 52.1 Å². The van der Waals surface area contributed by atoms with Crippen molar-refractivity contribution < 1.29 is 34.1 Å². The third kappa shape index (κ3) is 7.49. The Balaban J connectivity index is 2.40. The molecule has 0 aliphatic rings. The van der Waals surface area contributed by atoms with Crippen molar-refractivity contribution in [1.29, 1.82) is 0 Å². The number of nitrogens with zero attached hydrogens (tertiary/aromatic N) is 1. The van der Waals surface area contributed by atoms with Gasteiger partial charge in [-0.25, -0.2) is 9.59 Å². The van der Waals surface area contributed by atoms with Crippen LogP contribution < -0.4 is 10.1 Å². The van der Waals surface area contributed by atoms with Gasteiger partial charge in [0.25, 0.3) is 0 Å². The van der Waals surface area contributed by atoms with E-state index >= 15 is 0 Å². The van der Waals surface area contributed by atoms with Crippen LogP contribution >= 0.6 is 0 Å². The second-order valence-electron chi connectivity index (χ2n) is 8.76. The third-order valence-electron chi connectivity index (χ3n) is 5.10. The Kier molecular flexibility index (Phi) is 9.27. The highest BCUT2D eigenvalue weighted by Gasteiger charge is 2.24. The first-order valence-electron chi connectivity index (χ1n) is 11.0. The van der Waals surface area contributed by atoms with Crippen molar-refractivity contribution in [3.05, 3.63) is 58.7 Å². The normalized spacial score (nSPS) is 11.2. The molecule has 1 amide bonds. The number of aromatic hydroxyl groups is 1. The number of ether oxygens (including phenoxy) is 2. The molecule has 0 atom stereocenters. The number of benzene rings is 2. The number of hydrogen-bond donors (Lipinski definition) is 3. The van der Waals surface area contributed by atoms with Gasteiger partial charge in [0.2, 0.25) is 0 Å². The largest absolute Gasteiger partial charge is 0.506 e. The highest BCUT2D eigenvalue weighted by molar-refractivity contribution is 5.88. The minimum absolute atomic E-state index is 0.0362. The molecule has 0 aliphatic heterocycles. The number of amides is 1. The van der Waals surface area contributed by atoms with Gasteiger partial charge in [-0.3, -0.25) is 4.79 Å². The van der Waals surface area contributed by atoms with Crippen molar-refractivity contribution in [1.82, 2.24) is 4.90 Å². The lowest BCUT2D eigenvalue weighted by atomic mass is 10.0. The number of aromatic carboxylic acids is 1. The maximum atomic E-state index is 13.0. The van der Waals surface area contributed by atoms with Gasteiger partial charge < -0.3 is 29.9 Å². The highest BCUT2D eigenvalue weighted by atomic mass is 16.6. The molecular formula is C26H32N2O7. The zero-order valence-corrected chi connectivity index (χ0v) is 20.6. The summed E-state index contributed by atoms with van der Waals surface area (Å²) in [4.78, 5) is 36.8. The summed E-state index contributed by atoms with van der Waals surface area (Å²) < 4.78 is 11.0. The summed E-state index contributed by atoms with van der Waals surface area (Å²) in [6.07, 6.45) is 3.42. The van der Waals surface area contributed by atoms with E-state index < -0.39 is 17.7 Å². The molecule has 35 heavy (non-hydrogen) atoms. The molecular weight excluding hydrogens is 452 g/mol. The van der Waals surface area contributed by atoms with E-state index in [2.05, 4.69) is 5.32 Å². The quantitative estimate of drug-likeness (QED) is 0.258. The Morgan fingerprint density at radius 3 is 2.40 bits per heavy atom. The lowest BCUT2D eigenvalue weighted by molar-refractivity contribution is -0.104. The van der Waals surface area contributed by atoms with Gasteiger partial charge in [-0.1, -0.05) is 12.1 Å². The molecule has 188 valence electrons. The van der Waals surface area contributed by atoms with E-state index in [4.69, 9.17) is 9.47 Å². The zero-order valence-electron chi connectivity index (χ0n) is 20.6. The number of carbonyl (C=O) groups is 3. The van der Waals surface area contributed by atoms with Crippen molar-refractivity contribution in [3.8, 4) is 11.5 Å². The smallest absolute Gasteiger partial charge is 0.410 e. The number of hydrogen-bond acceptors (Lipinski definition) is 7. The SMILES string of the molecule is CNc1c(O)ccc(CCN(Cc2ccc(C(=O)O)cc2OC)C(=O)OC(C)(C)C)c1/C=C\C=O. The Labute approximate surface area is 205 Å². The molecule has 0 aromatic heterocycles. The van der Waals surface area contributed by atoms with Gasteiger partial charge in [0, 0.05) is 24.7 Å². The number of rotatable bonds is 10. The number of anilines is 1. The summed E-state index contributed by atoms with van der Waals surface area (Å²) in [6, 6.07) is 7.75. The lowest BCUT2D eigenvalue weighted by Gasteiger charge is -2.28. The summed E-state index contributed by atoms with van der Waals surface area (Å²) in [7, 11) is 3.10. The van der Waals surface area contributed by atoms with Crippen molar-refractivity contribution in [2.45, 2.75) is 39.3 Å². The molecule has 0 bridgehead atoms. The number of nitrogens with one attached hydrogen (secondary N) is 1. The summed E-state index contributed by atoms with van der Waals surface area (Å²) >= 11 is 0. The molecule has 0 radical (unpaired) electrons. The second kappa shape index (κ2) is 11.9. The standard InChI is InChI=1S/C26H32N2O7/c1-26(2,3)35-25(33)28(16-19-9-8-18(24(31)32)15-22(19)34-5)13-12-17-10-11-21(30)23(27-4)20(17)7-6-14-29/h6-11,14-15,27,30H,12-13,16H2,1-5H3,(H,31,32)/b7-6-. The van der Waals surface area contributed by atoms with Crippen LogP contribution in [0.1, 0.15) is 47.8 Å². The highest BCUT2D eigenvalue weighted by Crippen LogP contribution is 2.32. The van der Waals surface area contributed by atoms with Gasteiger partial charge >= 0.3 is 12.1 Å². The Hall–Kier alpha value is -4.01. The van der Waals surface area contributed by atoms with Crippen LogP contribution in [0.15, 0.2) is 36.4 Å². The third-order valence-corrected chi connectivity index (χ3v) is 5.10. The maximum absolute atomic E-state index is 13.0. The van der Waals surface area contributed by atoms with E-state index in [0.717, 1.165) is 5.56 Å². The predicted molar refractivity (Wildman–Crippen MR) is 133 cm³/mol. The minimum atomic E-state index is -1.08. The topological polar surface area (TPSA) is 125 Å². The lowest BCUT2D eigenvalue weighted by Crippen LogP contribution is -2.37. The summed E-state index contributed by atoms with van der Waals surface area (Å²) in [5.74, 6) is -0.702. The molecule has 0 heterocycles.